The van der Waals surface area contributed by atoms with Gasteiger partial charge in [0.15, 0.2) is 0 Å². The number of hydrogen-bond acceptors (Lipinski definition) is 4. The molecule has 0 aliphatic carbocycles. The molecule has 1 aromatic carbocycles. The molecule has 8 heteroatoms. The molecule has 2 fully saturated rings. The summed E-state index contributed by atoms with van der Waals surface area (Å²) in [5, 5.41) is 0. The van der Waals surface area contributed by atoms with E-state index in [9.17, 15) is 18.0 Å². The first-order chi connectivity index (χ1) is 13.5. The van der Waals surface area contributed by atoms with Crippen LogP contribution < -0.4 is 4.90 Å². The van der Waals surface area contributed by atoms with Crippen molar-refractivity contribution in [3.63, 3.8) is 0 Å². The molecule has 2 saturated heterocycles. The van der Waals surface area contributed by atoms with Gasteiger partial charge in [0, 0.05) is 38.4 Å². The number of ether oxygens (including phenoxy) is 1. The van der Waals surface area contributed by atoms with E-state index in [1.807, 2.05) is 25.7 Å². The Morgan fingerprint density at radius 2 is 1.62 bits per heavy atom. The van der Waals surface area contributed by atoms with Gasteiger partial charge in [-0.2, -0.15) is 13.2 Å². The quantitative estimate of drug-likeness (QED) is 0.738. The number of likely N-dealkylation sites (tertiary alicyclic amines) is 1. The van der Waals surface area contributed by atoms with Crippen molar-refractivity contribution in [2.24, 2.45) is 0 Å². The third-order valence-corrected chi connectivity index (χ3v) is 5.28. The van der Waals surface area contributed by atoms with Crippen LogP contribution in [0.25, 0.3) is 0 Å². The number of piperazine rings is 1. The van der Waals surface area contributed by atoms with Crippen LogP contribution in [0.3, 0.4) is 0 Å². The lowest BCUT2D eigenvalue weighted by atomic mass is 10.1. The molecule has 0 unspecified atom stereocenters. The van der Waals surface area contributed by atoms with Crippen molar-refractivity contribution in [1.29, 1.82) is 0 Å². The standard InChI is InChI=1S/C21H30F3N3O2/c1-20(2,3)29-19(28)27-12-10-26(11-13-27)18-14-17(21(22,23)24)7-6-16(18)15-25-8-4-5-9-25/h6-7,14H,4-5,8-13,15H2,1-3H3. The van der Waals surface area contributed by atoms with Crippen molar-refractivity contribution in [3.8, 4) is 0 Å². The van der Waals surface area contributed by atoms with Crippen molar-refractivity contribution < 1.29 is 22.7 Å². The van der Waals surface area contributed by atoms with E-state index < -0.39 is 17.3 Å². The van der Waals surface area contributed by atoms with E-state index in [2.05, 4.69) is 4.90 Å². The molecule has 162 valence electrons. The maximum atomic E-state index is 13.3. The Balaban J connectivity index is 1.75. The minimum Gasteiger partial charge on any atom is -0.444 e. The number of carbonyl (C=O) groups is 1. The second-order valence-electron chi connectivity index (χ2n) is 8.78. The number of nitrogens with zero attached hydrogens (tertiary/aromatic N) is 3. The summed E-state index contributed by atoms with van der Waals surface area (Å²) in [6.45, 7) is 9.86. The van der Waals surface area contributed by atoms with Gasteiger partial charge in [0.1, 0.15) is 5.60 Å². The largest absolute Gasteiger partial charge is 0.444 e. The maximum absolute atomic E-state index is 13.3. The van der Waals surface area contributed by atoms with Crippen LogP contribution in [0.4, 0.5) is 23.7 Å². The number of halogens is 3. The number of alkyl halides is 3. The summed E-state index contributed by atoms with van der Waals surface area (Å²) in [5.41, 5.74) is 0.325. The number of anilines is 1. The molecule has 0 aromatic heterocycles. The van der Waals surface area contributed by atoms with E-state index in [-0.39, 0.29) is 6.09 Å². The van der Waals surface area contributed by atoms with Crippen molar-refractivity contribution in [1.82, 2.24) is 9.80 Å². The molecule has 0 bridgehead atoms. The van der Waals surface area contributed by atoms with Crippen LogP contribution in [0.1, 0.15) is 44.7 Å². The smallest absolute Gasteiger partial charge is 0.416 e. The molecule has 1 aromatic rings. The fourth-order valence-corrected chi connectivity index (χ4v) is 3.81. The summed E-state index contributed by atoms with van der Waals surface area (Å²) >= 11 is 0. The Kier molecular flexibility index (Phi) is 6.31. The summed E-state index contributed by atoms with van der Waals surface area (Å²) in [5.74, 6) is 0. The van der Waals surface area contributed by atoms with Gasteiger partial charge < -0.3 is 14.5 Å². The summed E-state index contributed by atoms with van der Waals surface area (Å²) in [6.07, 6.45) is -2.49. The topological polar surface area (TPSA) is 36.0 Å². The highest BCUT2D eigenvalue weighted by Crippen LogP contribution is 2.34. The monoisotopic (exact) mass is 413 g/mol. The Morgan fingerprint density at radius 1 is 1.00 bits per heavy atom. The van der Waals surface area contributed by atoms with E-state index in [4.69, 9.17) is 4.74 Å². The van der Waals surface area contributed by atoms with Gasteiger partial charge in [0.25, 0.3) is 0 Å². The van der Waals surface area contributed by atoms with E-state index in [1.165, 1.54) is 12.1 Å². The van der Waals surface area contributed by atoms with E-state index in [0.717, 1.165) is 31.5 Å². The molecule has 5 nitrogen and oxygen atoms in total. The van der Waals surface area contributed by atoms with Crippen molar-refractivity contribution in [2.75, 3.05) is 44.2 Å². The lowest BCUT2D eigenvalue weighted by Crippen LogP contribution is -2.50. The summed E-state index contributed by atoms with van der Waals surface area (Å²) in [6, 6.07) is 4.04. The number of carbonyl (C=O) groups excluding carboxylic acids is 1. The zero-order chi connectivity index (χ0) is 21.2. The molecule has 0 N–H and O–H groups in total. The van der Waals surface area contributed by atoms with Gasteiger partial charge in [-0.1, -0.05) is 6.07 Å². The lowest BCUT2D eigenvalue weighted by Gasteiger charge is -2.38. The number of benzene rings is 1. The average molecular weight is 413 g/mol. The Morgan fingerprint density at radius 3 is 2.17 bits per heavy atom. The highest BCUT2D eigenvalue weighted by Gasteiger charge is 2.33. The highest BCUT2D eigenvalue weighted by molar-refractivity contribution is 5.69. The zero-order valence-corrected chi connectivity index (χ0v) is 17.4. The van der Waals surface area contributed by atoms with E-state index in [0.29, 0.717) is 38.4 Å². The lowest BCUT2D eigenvalue weighted by molar-refractivity contribution is -0.137. The third kappa shape index (κ3) is 5.78. The normalized spacial score (nSPS) is 19.0. The maximum Gasteiger partial charge on any atom is 0.416 e. The second-order valence-corrected chi connectivity index (χ2v) is 8.78. The number of amides is 1. The molecule has 3 rings (SSSR count). The van der Waals surface area contributed by atoms with Gasteiger partial charge in [-0.25, -0.2) is 4.79 Å². The van der Waals surface area contributed by atoms with Gasteiger partial charge in [0.05, 0.1) is 5.56 Å². The molecule has 0 atom stereocenters. The molecule has 1 amide bonds. The minimum atomic E-state index is -4.38. The van der Waals surface area contributed by atoms with Gasteiger partial charge in [-0.3, -0.25) is 4.90 Å². The van der Waals surface area contributed by atoms with Crippen molar-refractivity contribution in [2.45, 2.75) is 51.9 Å². The fourth-order valence-electron chi connectivity index (χ4n) is 3.81. The van der Waals surface area contributed by atoms with Crippen LogP contribution in [-0.4, -0.2) is 60.8 Å². The molecule has 2 heterocycles. The van der Waals surface area contributed by atoms with Crippen LogP contribution in [-0.2, 0) is 17.5 Å². The zero-order valence-electron chi connectivity index (χ0n) is 17.4. The Bertz CT molecular complexity index is 717. The highest BCUT2D eigenvalue weighted by atomic mass is 19.4. The van der Waals surface area contributed by atoms with E-state index >= 15 is 0 Å². The molecule has 29 heavy (non-hydrogen) atoms. The van der Waals surface area contributed by atoms with E-state index in [1.54, 1.807) is 11.0 Å². The van der Waals surface area contributed by atoms with Gasteiger partial charge >= 0.3 is 12.3 Å². The third-order valence-electron chi connectivity index (χ3n) is 5.28. The Labute approximate surface area is 170 Å². The molecule has 2 aliphatic rings. The second kappa shape index (κ2) is 8.42. The summed E-state index contributed by atoms with van der Waals surface area (Å²) < 4.78 is 45.3. The average Bonchev–Trinajstić information content (AvgIpc) is 3.13. The molecule has 2 aliphatic heterocycles. The van der Waals surface area contributed by atoms with Gasteiger partial charge in [0.2, 0.25) is 0 Å². The first kappa shape index (κ1) is 21.7. The first-order valence-corrected chi connectivity index (χ1v) is 10.2. The predicted octanol–water partition coefficient (Wildman–Crippen LogP) is 4.36. The van der Waals surface area contributed by atoms with Crippen LogP contribution in [0.5, 0.6) is 0 Å². The number of rotatable bonds is 3. The molecule has 0 spiro atoms. The van der Waals surface area contributed by atoms with Crippen LogP contribution >= 0.6 is 0 Å². The first-order valence-electron chi connectivity index (χ1n) is 10.2. The summed E-state index contributed by atoms with van der Waals surface area (Å²) in [4.78, 5) is 18.1. The summed E-state index contributed by atoms with van der Waals surface area (Å²) in [7, 11) is 0. The molecule has 0 saturated carbocycles. The van der Waals surface area contributed by atoms with Crippen molar-refractivity contribution in [3.05, 3.63) is 29.3 Å². The van der Waals surface area contributed by atoms with Crippen LogP contribution in [0.15, 0.2) is 18.2 Å². The predicted molar refractivity (Wildman–Crippen MR) is 106 cm³/mol. The molecular weight excluding hydrogens is 383 g/mol. The fraction of sp³-hybridized carbons (Fsp3) is 0.667. The Hall–Kier alpha value is -1.96. The van der Waals surface area contributed by atoms with Crippen LogP contribution in [0, 0.1) is 0 Å². The SMILES string of the molecule is CC(C)(C)OC(=O)N1CCN(c2cc(C(F)(F)F)ccc2CN2CCCC2)CC1. The molecular formula is C21H30F3N3O2. The minimum absolute atomic E-state index is 0.376. The van der Waals surface area contributed by atoms with Crippen LogP contribution in [0.2, 0.25) is 0 Å². The number of hydrogen-bond donors (Lipinski definition) is 0. The molecule has 0 radical (unpaired) electrons. The van der Waals surface area contributed by atoms with Gasteiger partial charge in [-0.15, -0.1) is 0 Å². The van der Waals surface area contributed by atoms with Gasteiger partial charge in [-0.05, 0) is 64.4 Å². The van der Waals surface area contributed by atoms with Crippen molar-refractivity contribution >= 4 is 11.8 Å².